The Morgan fingerprint density at radius 1 is 1.31 bits per heavy atom. The number of nitrogens with zero attached hydrogens (tertiary/aromatic N) is 3. The molecule has 0 amide bonds. The van der Waals surface area contributed by atoms with Crippen molar-refractivity contribution in [1.29, 1.82) is 5.26 Å². The van der Waals surface area contributed by atoms with Gasteiger partial charge in [0, 0.05) is 5.39 Å². The number of benzene rings is 1. The number of rotatable bonds is 0. The van der Waals surface area contributed by atoms with Crippen molar-refractivity contribution in [1.82, 2.24) is 9.97 Å². The first-order valence-corrected chi connectivity index (χ1v) is 4.00. The van der Waals surface area contributed by atoms with Crippen molar-refractivity contribution in [2.75, 3.05) is 0 Å². The van der Waals surface area contributed by atoms with Crippen molar-refractivity contribution in [2.45, 2.75) is 0 Å². The minimum atomic E-state index is 0.354. The number of para-hydroxylation sites is 1. The average Bonchev–Trinajstić information content (AvgIpc) is 2.18. The molecule has 0 aliphatic rings. The molecule has 0 N–H and O–H groups in total. The fourth-order valence-electron chi connectivity index (χ4n) is 1.14. The lowest BCUT2D eigenvalue weighted by Crippen LogP contribution is -1.88. The van der Waals surface area contributed by atoms with Crippen LogP contribution in [0.1, 0.15) is 5.69 Å². The van der Waals surface area contributed by atoms with Gasteiger partial charge in [-0.2, -0.15) is 5.26 Å². The van der Waals surface area contributed by atoms with Crippen molar-refractivity contribution < 1.29 is 0 Å². The Labute approximate surface area is 79.6 Å². The predicted molar refractivity (Wildman–Crippen MR) is 49.3 cm³/mol. The van der Waals surface area contributed by atoms with Crippen LogP contribution in [0.5, 0.6) is 0 Å². The molecule has 0 saturated carbocycles. The molecule has 13 heavy (non-hydrogen) atoms. The van der Waals surface area contributed by atoms with Gasteiger partial charge in [-0.1, -0.05) is 17.7 Å². The minimum Gasteiger partial charge on any atom is -0.235 e. The van der Waals surface area contributed by atoms with Crippen LogP contribution in [0.25, 0.3) is 10.9 Å². The van der Waals surface area contributed by atoms with Crippen LogP contribution >= 0.6 is 11.6 Å². The van der Waals surface area contributed by atoms with Crippen molar-refractivity contribution in [3.63, 3.8) is 0 Å². The molecule has 1 heterocycles. The lowest BCUT2D eigenvalue weighted by Gasteiger charge is -1.98. The second-order valence-electron chi connectivity index (χ2n) is 2.47. The zero-order valence-electron chi connectivity index (χ0n) is 6.53. The first-order valence-electron chi connectivity index (χ1n) is 3.62. The van der Waals surface area contributed by atoms with E-state index >= 15 is 0 Å². The van der Waals surface area contributed by atoms with Gasteiger partial charge >= 0.3 is 0 Å². The number of fused-ring (bicyclic) bond motifs is 1. The molecule has 0 saturated heterocycles. The van der Waals surface area contributed by atoms with Gasteiger partial charge in [0.1, 0.15) is 12.4 Å². The Morgan fingerprint density at radius 2 is 2.15 bits per heavy atom. The molecule has 62 valence electrons. The molecule has 0 unspecified atom stereocenters. The van der Waals surface area contributed by atoms with E-state index in [-0.39, 0.29) is 0 Å². The molecular formula is C9H4ClN3. The maximum atomic E-state index is 8.74. The third kappa shape index (κ3) is 1.21. The lowest BCUT2D eigenvalue weighted by atomic mass is 10.2. The van der Waals surface area contributed by atoms with E-state index in [1.807, 2.05) is 6.07 Å². The van der Waals surface area contributed by atoms with Crippen LogP contribution in [0.4, 0.5) is 0 Å². The molecule has 1 aromatic heterocycles. The average molecular weight is 190 g/mol. The highest BCUT2D eigenvalue weighted by Crippen LogP contribution is 2.21. The second kappa shape index (κ2) is 3.00. The van der Waals surface area contributed by atoms with Crippen LogP contribution in [0.2, 0.25) is 5.02 Å². The van der Waals surface area contributed by atoms with E-state index in [2.05, 4.69) is 9.97 Å². The molecule has 2 aromatic rings. The van der Waals surface area contributed by atoms with Gasteiger partial charge in [-0.15, -0.1) is 0 Å². The zero-order chi connectivity index (χ0) is 9.26. The van der Waals surface area contributed by atoms with E-state index in [1.165, 1.54) is 6.33 Å². The summed E-state index contributed by atoms with van der Waals surface area (Å²) in [6.07, 6.45) is 1.34. The normalized spacial score (nSPS) is 9.85. The largest absolute Gasteiger partial charge is 0.235 e. The van der Waals surface area contributed by atoms with Gasteiger partial charge in [0.05, 0.1) is 10.5 Å². The molecule has 4 heteroatoms. The van der Waals surface area contributed by atoms with Gasteiger partial charge in [0.2, 0.25) is 0 Å². The Kier molecular flexibility index (Phi) is 1.84. The summed E-state index contributed by atoms with van der Waals surface area (Å²) in [5.74, 6) is 0. The molecule has 0 aliphatic carbocycles. The summed E-state index contributed by atoms with van der Waals surface area (Å²) in [6.45, 7) is 0. The highest BCUT2D eigenvalue weighted by atomic mass is 35.5. The Bertz CT molecular complexity index is 502. The lowest BCUT2D eigenvalue weighted by molar-refractivity contribution is 1.19. The fraction of sp³-hybridized carbons (Fsp3) is 0. The number of halogens is 1. The third-order valence-electron chi connectivity index (χ3n) is 1.72. The Balaban J connectivity index is 2.94. The first kappa shape index (κ1) is 7.96. The van der Waals surface area contributed by atoms with Gasteiger partial charge in [-0.3, -0.25) is 0 Å². The summed E-state index contributed by atoms with van der Waals surface area (Å²) in [7, 11) is 0. The molecule has 2 rings (SSSR count). The number of aromatic nitrogens is 2. The first-order chi connectivity index (χ1) is 6.33. The summed E-state index contributed by atoms with van der Waals surface area (Å²) in [4.78, 5) is 7.83. The third-order valence-corrected chi connectivity index (χ3v) is 2.03. The van der Waals surface area contributed by atoms with E-state index < -0.39 is 0 Å². The summed E-state index contributed by atoms with van der Waals surface area (Å²) in [5, 5.41) is 9.97. The van der Waals surface area contributed by atoms with Gasteiger partial charge in [-0.05, 0) is 12.1 Å². The summed E-state index contributed by atoms with van der Waals surface area (Å²) < 4.78 is 0. The molecule has 1 aromatic carbocycles. The van der Waals surface area contributed by atoms with Crippen LogP contribution < -0.4 is 0 Å². The number of hydrogen-bond donors (Lipinski definition) is 0. The highest BCUT2D eigenvalue weighted by Gasteiger charge is 2.04. The number of nitriles is 1. The fourth-order valence-corrected chi connectivity index (χ4v) is 1.36. The minimum absolute atomic E-state index is 0.354. The molecular weight excluding hydrogens is 186 g/mol. The second-order valence-corrected chi connectivity index (χ2v) is 2.88. The Morgan fingerprint density at radius 3 is 2.92 bits per heavy atom. The maximum absolute atomic E-state index is 8.74. The van der Waals surface area contributed by atoms with Crippen molar-refractivity contribution >= 4 is 22.5 Å². The quantitative estimate of drug-likeness (QED) is 0.638. The highest BCUT2D eigenvalue weighted by molar-refractivity contribution is 6.35. The van der Waals surface area contributed by atoms with E-state index in [0.29, 0.717) is 21.6 Å². The van der Waals surface area contributed by atoms with Crippen LogP contribution in [-0.4, -0.2) is 9.97 Å². The molecule has 3 nitrogen and oxygen atoms in total. The van der Waals surface area contributed by atoms with E-state index in [0.717, 1.165) is 0 Å². The van der Waals surface area contributed by atoms with E-state index in [9.17, 15) is 0 Å². The summed E-state index contributed by atoms with van der Waals surface area (Å²) in [6, 6.07) is 7.27. The van der Waals surface area contributed by atoms with Crippen molar-refractivity contribution in [3.8, 4) is 6.07 Å². The Hall–Kier alpha value is -1.66. The van der Waals surface area contributed by atoms with Gasteiger partial charge in [0.25, 0.3) is 0 Å². The van der Waals surface area contributed by atoms with E-state index in [4.69, 9.17) is 16.9 Å². The van der Waals surface area contributed by atoms with Crippen LogP contribution in [0.3, 0.4) is 0 Å². The summed E-state index contributed by atoms with van der Waals surface area (Å²) in [5.41, 5.74) is 0.975. The van der Waals surface area contributed by atoms with Crippen LogP contribution in [-0.2, 0) is 0 Å². The van der Waals surface area contributed by atoms with Crippen molar-refractivity contribution in [3.05, 3.63) is 35.2 Å². The van der Waals surface area contributed by atoms with E-state index in [1.54, 1.807) is 18.2 Å². The molecule has 0 fully saturated rings. The smallest absolute Gasteiger partial charge is 0.151 e. The molecule has 0 spiro atoms. The molecule has 0 aliphatic heterocycles. The van der Waals surface area contributed by atoms with Crippen LogP contribution in [0, 0.1) is 11.3 Å². The standard InChI is InChI=1S/C9H4ClN3/c10-7-3-1-2-6-8(4-11)12-5-13-9(6)7/h1-3,5H. The monoisotopic (exact) mass is 189 g/mol. The predicted octanol–water partition coefficient (Wildman–Crippen LogP) is 2.15. The molecule has 0 atom stereocenters. The topological polar surface area (TPSA) is 49.6 Å². The SMILES string of the molecule is N#Cc1ncnc2c(Cl)cccc12. The van der Waals surface area contributed by atoms with Crippen molar-refractivity contribution in [2.24, 2.45) is 0 Å². The maximum Gasteiger partial charge on any atom is 0.151 e. The molecule has 0 bridgehead atoms. The van der Waals surface area contributed by atoms with Gasteiger partial charge < -0.3 is 0 Å². The summed E-state index contributed by atoms with van der Waals surface area (Å²) >= 11 is 5.89. The zero-order valence-corrected chi connectivity index (χ0v) is 7.28. The van der Waals surface area contributed by atoms with Crippen LogP contribution in [0.15, 0.2) is 24.5 Å². The molecule has 0 radical (unpaired) electrons. The number of hydrogen-bond acceptors (Lipinski definition) is 3. The van der Waals surface area contributed by atoms with Gasteiger partial charge in [-0.25, -0.2) is 9.97 Å². The van der Waals surface area contributed by atoms with Gasteiger partial charge in [0.15, 0.2) is 5.69 Å².